The molecule has 1 fully saturated rings. The number of hydrogen-bond donors (Lipinski definition) is 0. The first-order valence-electron chi connectivity index (χ1n) is 11.4. The van der Waals surface area contributed by atoms with Gasteiger partial charge in [0.25, 0.3) is 5.91 Å². The highest BCUT2D eigenvalue weighted by Crippen LogP contribution is 2.31. The van der Waals surface area contributed by atoms with Gasteiger partial charge >= 0.3 is 5.97 Å². The van der Waals surface area contributed by atoms with Crippen LogP contribution in [0.3, 0.4) is 0 Å². The van der Waals surface area contributed by atoms with Gasteiger partial charge < -0.3 is 9.30 Å². The Labute approximate surface area is 188 Å². The van der Waals surface area contributed by atoms with Crippen molar-refractivity contribution in [2.75, 3.05) is 11.4 Å². The number of ether oxygens (including phenoxy) is 1. The van der Waals surface area contributed by atoms with E-state index in [1.165, 1.54) is 6.42 Å². The van der Waals surface area contributed by atoms with Crippen molar-refractivity contribution in [1.82, 2.24) is 14.5 Å². The maximum atomic E-state index is 13.4. The Morgan fingerprint density at radius 1 is 1.25 bits per heavy atom. The summed E-state index contributed by atoms with van der Waals surface area (Å²) >= 11 is 0. The number of aryl methyl sites for hydroxylation is 2. The third-order valence-corrected chi connectivity index (χ3v) is 6.38. The normalized spacial score (nSPS) is 14.7. The highest BCUT2D eigenvalue weighted by Gasteiger charge is 2.27. The molecule has 2 heterocycles. The number of nitrogens with zero attached hydrogens (tertiary/aromatic N) is 4. The molecule has 0 aliphatic heterocycles. The molecular formula is C25H30N4O3. The van der Waals surface area contributed by atoms with Crippen molar-refractivity contribution in [3.05, 3.63) is 54.0 Å². The quantitative estimate of drug-likeness (QED) is 0.494. The highest BCUT2D eigenvalue weighted by molar-refractivity contribution is 6.07. The minimum atomic E-state index is -0.286. The molecule has 1 amide bonds. The minimum Gasteiger partial charge on any atom is -0.462 e. The standard InChI is InChI=1S/C25H30N4O3/c1-4-22-27-20-16-19(11-12-21(20)28(22)3)25(31)29(23-10-5-6-14-26-23)15-13-24(30)32-17(2)18-8-7-9-18/h5-6,10-12,14,16-18H,4,7-9,13,15H2,1-3H3. The summed E-state index contributed by atoms with van der Waals surface area (Å²) in [5, 5.41) is 0. The summed E-state index contributed by atoms with van der Waals surface area (Å²) in [5.74, 6) is 1.44. The third-order valence-electron chi connectivity index (χ3n) is 6.38. The molecule has 1 aliphatic carbocycles. The first-order chi connectivity index (χ1) is 15.5. The largest absolute Gasteiger partial charge is 0.462 e. The number of rotatable bonds is 8. The Balaban J connectivity index is 1.53. The zero-order valence-electron chi connectivity index (χ0n) is 19.0. The third kappa shape index (κ3) is 4.52. The number of fused-ring (bicyclic) bond motifs is 1. The monoisotopic (exact) mass is 434 g/mol. The number of pyridine rings is 1. The molecule has 7 nitrogen and oxygen atoms in total. The summed E-state index contributed by atoms with van der Waals surface area (Å²) in [4.78, 5) is 36.4. The van der Waals surface area contributed by atoms with E-state index in [4.69, 9.17) is 4.74 Å². The number of esters is 1. The number of benzene rings is 1. The van der Waals surface area contributed by atoms with Crippen molar-refractivity contribution in [2.45, 2.75) is 52.1 Å². The van der Waals surface area contributed by atoms with Gasteiger partial charge in [-0.2, -0.15) is 0 Å². The van der Waals surface area contributed by atoms with Crippen LogP contribution in [-0.4, -0.2) is 39.1 Å². The van der Waals surface area contributed by atoms with E-state index in [0.717, 1.165) is 36.1 Å². The minimum absolute atomic E-state index is 0.0745. The molecule has 0 spiro atoms. The predicted molar refractivity (Wildman–Crippen MR) is 124 cm³/mol. The van der Waals surface area contributed by atoms with E-state index >= 15 is 0 Å². The van der Waals surface area contributed by atoms with Crippen LogP contribution in [0.2, 0.25) is 0 Å². The smallest absolute Gasteiger partial charge is 0.307 e. The summed E-state index contributed by atoms with van der Waals surface area (Å²) in [6.45, 7) is 4.21. The van der Waals surface area contributed by atoms with E-state index in [1.807, 2.05) is 36.7 Å². The molecule has 0 bridgehead atoms. The van der Waals surface area contributed by atoms with Crippen LogP contribution < -0.4 is 4.90 Å². The van der Waals surface area contributed by atoms with Gasteiger partial charge in [0.15, 0.2) is 0 Å². The number of anilines is 1. The van der Waals surface area contributed by atoms with Gasteiger partial charge in [0.2, 0.25) is 0 Å². The maximum absolute atomic E-state index is 13.4. The average Bonchev–Trinajstić information content (AvgIpc) is 3.08. The topological polar surface area (TPSA) is 77.3 Å². The SMILES string of the molecule is CCc1nc2cc(C(=O)N(CCC(=O)OC(C)C3CCC3)c3ccccn3)ccc2n1C. The lowest BCUT2D eigenvalue weighted by molar-refractivity contribution is -0.152. The fourth-order valence-electron chi connectivity index (χ4n) is 4.16. The molecule has 1 atom stereocenters. The Kier molecular flexibility index (Phi) is 6.53. The highest BCUT2D eigenvalue weighted by atomic mass is 16.5. The van der Waals surface area contributed by atoms with E-state index in [9.17, 15) is 9.59 Å². The van der Waals surface area contributed by atoms with Crippen molar-refractivity contribution in [3.63, 3.8) is 0 Å². The summed E-state index contributed by atoms with van der Waals surface area (Å²) in [5.41, 5.74) is 2.28. The van der Waals surface area contributed by atoms with Crippen LogP contribution in [0.4, 0.5) is 5.82 Å². The number of carbonyl (C=O) groups excluding carboxylic acids is 2. The van der Waals surface area contributed by atoms with Gasteiger partial charge in [0, 0.05) is 31.8 Å². The maximum Gasteiger partial charge on any atom is 0.307 e. The molecule has 168 valence electrons. The molecular weight excluding hydrogens is 404 g/mol. The van der Waals surface area contributed by atoms with Crippen LogP contribution in [0.1, 0.15) is 55.7 Å². The van der Waals surface area contributed by atoms with Crippen LogP contribution in [0.5, 0.6) is 0 Å². The molecule has 7 heteroatoms. The summed E-state index contributed by atoms with van der Waals surface area (Å²) in [7, 11) is 1.98. The van der Waals surface area contributed by atoms with Gasteiger partial charge in [-0.15, -0.1) is 0 Å². The van der Waals surface area contributed by atoms with Gasteiger partial charge in [-0.1, -0.05) is 19.4 Å². The second kappa shape index (κ2) is 9.51. The van der Waals surface area contributed by atoms with Crippen LogP contribution in [-0.2, 0) is 23.0 Å². The van der Waals surface area contributed by atoms with Crippen molar-refractivity contribution < 1.29 is 14.3 Å². The molecule has 3 aromatic rings. The van der Waals surface area contributed by atoms with Crippen LogP contribution >= 0.6 is 0 Å². The van der Waals surface area contributed by atoms with Gasteiger partial charge in [-0.05, 0) is 56.0 Å². The van der Waals surface area contributed by atoms with Crippen LogP contribution in [0, 0.1) is 5.92 Å². The first kappa shape index (κ1) is 22.0. The van der Waals surface area contributed by atoms with Crippen molar-refractivity contribution in [2.24, 2.45) is 13.0 Å². The number of amides is 1. The molecule has 0 N–H and O–H groups in total. The molecule has 0 saturated heterocycles. The molecule has 1 saturated carbocycles. The molecule has 2 aromatic heterocycles. The number of carbonyl (C=O) groups is 2. The zero-order chi connectivity index (χ0) is 22.7. The van der Waals surface area contributed by atoms with Gasteiger partial charge in [0.05, 0.1) is 17.5 Å². The van der Waals surface area contributed by atoms with Crippen LogP contribution in [0.15, 0.2) is 42.6 Å². The lowest BCUT2D eigenvalue weighted by atomic mass is 9.82. The van der Waals surface area contributed by atoms with E-state index in [2.05, 4.69) is 16.9 Å². The number of imidazole rings is 1. The van der Waals surface area contributed by atoms with Gasteiger partial charge in [-0.3, -0.25) is 14.5 Å². The summed E-state index contributed by atoms with van der Waals surface area (Å²) in [6.07, 6.45) is 5.93. The number of hydrogen-bond acceptors (Lipinski definition) is 5. The lowest BCUT2D eigenvalue weighted by Crippen LogP contribution is -2.35. The van der Waals surface area contributed by atoms with E-state index in [-0.39, 0.29) is 30.9 Å². The Morgan fingerprint density at radius 3 is 2.72 bits per heavy atom. The Bertz CT molecular complexity index is 1110. The zero-order valence-corrected chi connectivity index (χ0v) is 19.0. The molecule has 1 unspecified atom stereocenters. The van der Waals surface area contributed by atoms with Crippen molar-refractivity contribution in [3.8, 4) is 0 Å². The lowest BCUT2D eigenvalue weighted by Gasteiger charge is -2.31. The first-order valence-corrected chi connectivity index (χ1v) is 11.4. The fourth-order valence-corrected chi connectivity index (χ4v) is 4.16. The number of aromatic nitrogens is 3. The summed E-state index contributed by atoms with van der Waals surface area (Å²) in [6, 6.07) is 10.9. The molecule has 32 heavy (non-hydrogen) atoms. The molecule has 4 rings (SSSR count). The Morgan fingerprint density at radius 2 is 2.06 bits per heavy atom. The van der Waals surface area contributed by atoms with Crippen molar-refractivity contribution in [1.29, 1.82) is 0 Å². The Hall–Kier alpha value is -3.22. The van der Waals surface area contributed by atoms with E-state index in [1.54, 1.807) is 29.3 Å². The fraction of sp³-hybridized carbons (Fsp3) is 0.440. The van der Waals surface area contributed by atoms with E-state index < -0.39 is 0 Å². The second-order valence-electron chi connectivity index (χ2n) is 8.42. The molecule has 0 radical (unpaired) electrons. The van der Waals surface area contributed by atoms with Gasteiger partial charge in [-0.25, -0.2) is 9.97 Å². The van der Waals surface area contributed by atoms with Crippen molar-refractivity contribution >= 4 is 28.7 Å². The average molecular weight is 435 g/mol. The van der Waals surface area contributed by atoms with Crippen LogP contribution in [0.25, 0.3) is 11.0 Å². The summed E-state index contributed by atoms with van der Waals surface area (Å²) < 4.78 is 7.64. The predicted octanol–water partition coefficient (Wildman–Crippen LogP) is 4.30. The molecule has 1 aliphatic rings. The second-order valence-corrected chi connectivity index (χ2v) is 8.42. The molecule has 1 aromatic carbocycles. The van der Waals surface area contributed by atoms with Gasteiger partial charge in [0.1, 0.15) is 17.7 Å². The van der Waals surface area contributed by atoms with E-state index in [0.29, 0.717) is 17.3 Å².